The van der Waals surface area contributed by atoms with Gasteiger partial charge in [-0.05, 0) is 31.2 Å². The molecule has 0 radical (unpaired) electrons. The molecule has 0 bridgehead atoms. The van der Waals surface area contributed by atoms with Crippen LogP contribution in [0, 0.1) is 5.92 Å². The normalized spacial score (nSPS) is 18.4. The third kappa shape index (κ3) is 3.83. The van der Waals surface area contributed by atoms with Crippen molar-refractivity contribution in [3.8, 4) is 0 Å². The highest BCUT2D eigenvalue weighted by Gasteiger charge is 2.22. The Balaban J connectivity index is 1.86. The summed E-state index contributed by atoms with van der Waals surface area (Å²) < 4.78 is 5.26. The minimum absolute atomic E-state index is 0.225. The summed E-state index contributed by atoms with van der Waals surface area (Å²) in [5, 5.41) is 12.4. The van der Waals surface area contributed by atoms with Crippen LogP contribution in [0.1, 0.15) is 61.6 Å². The van der Waals surface area contributed by atoms with E-state index in [2.05, 4.69) is 12.2 Å². The number of hydrogen-bond donors (Lipinski definition) is 2. The molecule has 0 aliphatic heterocycles. The molecule has 2 rings (SSSR count). The van der Waals surface area contributed by atoms with Gasteiger partial charge >= 0.3 is 5.97 Å². The average molecular weight is 265 g/mol. The highest BCUT2D eigenvalue weighted by Crippen LogP contribution is 2.27. The van der Waals surface area contributed by atoms with E-state index in [1.165, 1.54) is 38.4 Å². The third-order valence-electron chi connectivity index (χ3n) is 4.10. The Kier molecular flexibility index (Phi) is 5.02. The van der Waals surface area contributed by atoms with Crippen molar-refractivity contribution in [1.29, 1.82) is 0 Å². The van der Waals surface area contributed by atoms with Gasteiger partial charge in [-0.25, -0.2) is 4.79 Å². The van der Waals surface area contributed by atoms with Crippen LogP contribution in [0.5, 0.6) is 0 Å². The average Bonchev–Trinajstić information content (AvgIpc) is 2.90. The lowest BCUT2D eigenvalue weighted by molar-refractivity contribution is 0.0696. The van der Waals surface area contributed by atoms with Crippen molar-refractivity contribution in [2.75, 3.05) is 0 Å². The minimum Gasteiger partial charge on any atom is -0.478 e. The first-order chi connectivity index (χ1) is 9.20. The van der Waals surface area contributed by atoms with Crippen LogP contribution in [-0.4, -0.2) is 17.1 Å². The van der Waals surface area contributed by atoms with E-state index in [4.69, 9.17) is 9.52 Å². The molecule has 1 aliphatic rings. The standard InChI is InChI=1S/C15H23NO3/c1-2-14(11-6-4-3-5-7-11)16-9-13-8-12(10-19-13)15(17)18/h8,10-11,14,16H,2-7,9H2,1H3,(H,17,18). The van der Waals surface area contributed by atoms with Crippen LogP contribution in [0.2, 0.25) is 0 Å². The number of rotatable bonds is 6. The van der Waals surface area contributed by atoms with E-state index < -0.39 is 5.97 Å². The summed E-state index contributed by atoms with van der Waals surface area (Å²) in [4.78, 5) is 10.8. The van der Waals surface area contributed by atoms with Gasteiger partial charge in [0, 0.05) is 6.04 Å². The van der Waals surface area contributed by atoms with Gasteiger partial charge in [-0.3, -0.25) is 0 Å². The van der Waals surface area contributed by atoms with E-state index >= 15 is 0 Å². The predicted molar refractivity (Wildman–Crippen MR) is 73.2 cm³/mol. The quantitative estimate of drug-likeness (QED) is 0.827. The number of aromatic carboxylic acids is 1. The topological polar surface area (TPSA) is 62.5 Å². The first-order valence-corrected chi connectivity index (χ1v) is 7.24. The fourth-order valence-corrected chi connectivity index (χ4v) is 3.00. The highest BCUT2D eigenvalue weighted by atomic mass is 16.4. The zero-order chi connectivity index (χ0) is 13.7. The molecule has 1 atom stereocenters. The molecule has 19 heavy (non-hydrogen) atoms. The molecule has 0 saturated heterocycles. The van der Waals surface area contributed by atoms with Crippen LogP contribution >= 0.6 is 0 Å². The molecule has 0 spiro atoms. The van der Waals surface area contributed by atoms with Gasteiger partial charge in [-0.2, -0.15) is 0 Å². The number of carbonyl (C=O) groups is 1. The monoisotopic (exact) mass is 265 g/mol. The summed E-state index contributed by atoms with van der Waals surface area (Å²) in [5.74, 6) is 0.522. The zero-order valence-corrected chi connectivity index (χ0v) is 11.5. The largest absolute Gasteiger partial charge is 0.478 e. The van der Waals surface area contributed by atoms with Crippen molar-refractivity contribution in [1.82, 2.24) is 5.32 Å². The first-order valence-electron chi connectivity index (χ1n) is 7.24. The number of carboxylic acid groups (broad SMARTS) is 1. The van der Waals surface area contributed by atoms with Gasteiger partial charge in [-0.15, -0.1) is 0 Å². The van der Waals surface area contributed by atoms with Crippen molar-refractivity contribution in [2.45, 2.75) is 58.0 Å². The summed E-state index contributed by atoms with van der Waals surface area (Å²) in [6, 6.07) is 2.11. The van der Waals surface area contributed by atoms with Crippen LogP contribution in [-0.2, 0) is 6.54 Å². The number of nitrogens with one attached hydrogen (secondary N) is 1. The first kappa shape index (κ1) is 14.1. The maximum absolute atomic E-state index is 10.8. The molecule has 1 heterocycles. The van der Waals surface area contributed by atoms with E-state index in [0.717, 1.165) is 12.3 Å². The smallest absolute Gasteiger partial charge is 0.338 e. The van der Waals surface area contributed by atoms with Crippen molar-refractivity contribution < 1.29 is 14.3 Å². The summed E-state index contributed by atoms with van der Waals surface area (Å²) in [7, 11) is 0. The molecule has 106 valence electrons. The van der Waals surface area contributed by atoms with Crippen molar-refractivity contribution in [3.63, 3.8) is 0 Å². The summed E-state index contributed by atoms with van der Waals surface area (Å²) in [6.45, 7) is 2.82. The molecule has 1 aliphatic carbocycles. The second-order valence-corrected chi connectivity index (χ2v) is 5.40. The molecule has 4 nitrogen and oxygen atoms in total. The van der Waals surface area contributed by atoms with E-state index in [1.807, 2.05) is 0 Å². The van der Waals surface area contributed by atoms with Crippen LogP contribution in [0.25, 0.3) is 0 Å². The van der Waals surface area contributed by atoms with Gasteiger partial charge in [0.15, 0.2) is 0 Å². The third-order valence-corrected chi connectivity index (χ3v) is 4.10. The molecule has 4 heteroatoms. The summed E-state index contributed by atoms with van der Waals surface area (Å²) >= 11 is 0. The molecule has 1 fully saturated rings. The van der Waals surface area contributed by atoms with Gasteiger partial charge in [0.25, 0.3) is 0 Å². The van der Waals surface area contributed by atoms with Crippen LogP contribution in [0.3, 0.4) is 0 Å². The predicted octanol–water partition coefficient (Wildman–Crippen LogP) is 3.43. The Hall–Kier alpha value is -1.29. The van der Waals surface area contributed by atoms with Crippen molar-refractivity contribution in [2.24, 2.45) is 5.92 Å². The molecule has 2 N–H and O–H groups in total. The molecule has 1 aromatic rings. The van der Waals surface area contributed by atoms with Gasteiger partial charge in [0.1, 0.15) is 12.0 Å². The van der Waals surface area contributed by atoms with Crippen LogP contribution in [0.15, 0.2) is 16.7 Å². The van der Waals surface area contributed by atoms with Gasteiger partial charge in [0.2, 0.25) is 0 Å². The Bertz CT molecular complexity index is 407. The minimum atomic E-state index is -0.936. The van der Waals surface area contributed by atoms with Crippen LogP contribution < -0.4 is 5.32 Å². The molecule has 0 aromatic carbocycles. The number of furan rings is 1. The van der Waals surface area contributed by atoms with Gasteiger partial charge in [0.05, 0.1) is 12.1 Å². The molecule has 1 aromatic heterocycles. The van der Waals surface area contributed by atoms with E-state index in [0.29, 0.717) is 18.3 Å². The Morgan fingerprint density at radius 1 is 1.47 bits per heavy atom. The van der Waals surface area contributed by atoms with Gasteiger partial charge < -0.3 is 14.8 Å². The Labute approximate surface area is 114 Å². The number of hydrogen-bond acceptors (Lipinski definition) is 3. The van der Waals surface area contributed by atoms with Gasteiger partial charge in [-0.1, -0.05) is 26.2 Å². The number of carboxylic acids is 1. The van der Waals surface area contributed by atoms with Crippen molar-refractivity contribution in [3.05, 3.63) is 23.7 Å². The van der Waals surface area contributed by atoms with Crippen molar-refractivity contribution >= 4 is 5.97 Å². The molecular formula is C15H23NO3. The fourth-order valence-electron chi connectivity index (χ4n) is 3.00. The maximum atomic E-state index is 10.8. The lowest BCUT2D eigenvalue weighted by Gasteiger charge is -2.30. The molecule has 1 saturated carbocycles. The van der Waals surface area contributed by atoms with Crippen LogP contribution in [0.4, 0.5) is 0 Å². The zero-order valence-electron chi connectivity index (χ0n) is 11.5. The molecular weight excluding hydrogens is 242 g/mol. The lowest BCUT2D eigenvalue weighted by atomic mass is 9.83. The maximum Gasteiger partial charge on any atom is 0.338 e. The summed E-state index contributed by atoms with van der Waals surface area (Å²) in [5.41, 5.74) is 0.225. The highest BCUT2D eigenvalue weighted by molar-refractivity contribution is 5.87. The lowest BCUT2D eigenvalue weighted by Crippen LogP contribution is -2.36. The second kappa shape index (κ2) is 6.75. The van der Waals surface area contributed by atoms with E-state index in [1.54, 1.807) is 6.07 Å². The Morgan fingerprint density at radius 3 is 2.79 bits per heavy atom. The Morgan fingerprint density at radius 2 is 2.21 bits per heavy atom. The summed E-state index contributed by atoms with van der Waals surface area (Å²) in [6.07, 6.45) is 9.08. The molecule has 1 unspecified atom stereocenters. The SMILES string of the molecule is CCC(NCc1cc(C(=O)O)co1)C1CCCCC1. The van der Waals surface area contributed by atoms with E-state index in [9.17, 15) is 4.79 Å². The molecule has 0 amide bonds. The second-order valence-electron chi connectivity index (χ2n) is 5.40. The fraction of sp³-hybridized carbons (Fsp3) is 0.667. The van der Waals surface area contributed by atoms with E-state index in [-0.39, 0.29) is 5.56 Å².